The van der Waals surface area contributed by atoms with Crippen LogP contribution in [0.4, 0.5) is 10.1 Å². The molecule has 2 aromatic rings. The van der Waals surface area contributed by atoms with Crippen LogP contribution in [0.3, 0.4) is 0 Å². The van der Waals surface area contributed by atoms with Gasteiger partial charge in [0, 0.05) is 5.69 Å². The van der Waals surface area contributed by atoms with Gasteiger partial charge in [0.2, 0.25) is 0 Å². The van der Waals surface area contributed by atoms with E-state index in [1.54, 1.807) is 6.07 Å². The molecule has 0 saturated heterocycles. The van der Waals surface area contributed by atoms with Gasteiger partial charge < -0.3 is 10.4 Å². The van der Waals surface area contributed by atoms with E-state index in [1.807, 2.05) is 26.0 Å². The van der Waals surface area contributed by atoms with Gasteiger partial charge in [0.15, 0.2) is 6.04 Å². The van der Waals surface area contributed by atoms with E-state index < -0.39 is 12.0 Å². The van der Waals surface area contributed by atoms with Gasteiger partial charge in [0.25, 0.3) is 0 Å². The normalized spacial score (nSPS) is 11.9. The van der Waals surface area contributed by atoms with Crippen molar-refractivity contribution in [1.82, 2.24) is 0 Å². The molecule has 2 rings (SSSR count). The molecule has 104 valence electrons. The lowest BCUT2D eigenvalue weighted by molar-refractivity contribution is -0.138. The molecular weight excluding hydrogens is 257 g/mol. The van der Waals surface area contributed by atoms with Crippen molar-refractivity contribution in [3.63, 3.8) is 0 Å². The molecule has 2 aromatic carbocycles. The fourth-order valence-electron chi connectivity index (χ4n) is 2.07. The molecule has 1 atom stereocenters. The Morgan fingerprint density at radius 1 is 1.15 bits per heavy atom. The minimum Gasteiger partial charge on any atom is -0.479 e. The van der Waals surface area contributed by atoms with Gasteiger partial charge in [-0.05, 0) is 54.8 Å². The minimum atomic E-state index is -0.969. The number of carboxylic acids is 1. The second-order valence-corrected chi connectivity index (χ2v) is 4.71. The van der Waals surface area contributed by atoms with Crippen LogP contribution in [0, 0.1) is 19.7 Å². The monoisotopic (exact) mass is 273 g/mol. The van der Waals surface area contributed by atoms with Crippen LogP contribution in [0.25, 0.3) is 0 Å². The lowest BCUT2D eigenvalue weighted by atomic mass is 9.97. The highest BCUT2D eigenvalue weighted by atomic mass is 19.1. The number of carbonyl (C=O) groups is 1. The van der Waals surface area contributed by atoms with Crippen molar-refractivity contribution < 1.29 is 14.3 Å². The van der Waals surface area contributed by atoms with Crippen LogP contribution in [-0.2, 0) is 4.79 Å². The van der Waals surface area contributed by atoms with E-state index in [1.165, 1.54) is 24.3 Å². The molecule has 0 radical (unpaired) electrons. The van der Waals surface area contributed by atoms with E-state index in [4.69, 9.17) is 0 Å². The summed E-state index contributed by atoms with van der Waals surface area (Å²) in [4.78, 5) is 11.5. The van der Waals surface area contributed by atoms with Crippen molar-refractivity contribution in [3.05, 3.63) is 65.0 Å². The molecule has 20 heavy (non-hydrogen) atoms. The van der Waals surface area contributed by atoms with Crippen molar-refractivity contribution in [2.75, 3.05) is 5.32 Å². The first kappa shape index (κ1) is 14.1. The molecule has 3 nitrogen and oxygen atoms in total. The quantitative estimate of drug-likeness (QED) is 0.893. The summed E-state index contributed by atoms with van der Waals surface area (Å²) in [7, 11) is 0. The zero-order valence-corrected chi connectivity index (χ0v) is 11.4. The average Bonchev–Trinajstić information content (AvgIpc) is 2.41. The third-order valence-corrected chi connectivity index (χ3v) is 3.36. The Kier molecular flexibility index (Phi) is 4.03. The SMILES string of the molecule is Cc1cccc(C(Nc2ccc(F)cc2)C(=O)O)c1C. The topological polar surface area (TPSA) is 49.3 Å². The second-order valence-electron chi connectivity index (χ2n) is 4.71. The van der Waals surface area contributed by atoms with Crippen LogP contribution in [0.15, 0.2) is 42.5 Å². The Bertz CT molecular complexity index is 623. The van der Waals surface area contributed by atoms with E-state index in [0.717, 1.165) is 11.1 Å². The third-order valence-electron chi connectivity index (χ3n) is 3.36. The Morgan fingerprint density at radius 2 is 1.80 bits per heavy atom. The highest BCUT2D eigenvalue weighted by Gasteiger charge is 2.21. The summed E-state index contributed by atoms with van der Waals surface area (Å²) in [6.07, 6.45) is 0. The molecule has 0 aliphatic heterocycles. The number of halogens is 1. The predicted octanol–water partition coefficient (Wildman–Crippen LogP) is 3.68. The summed E-state index contributed by atoms with van der Waals surface area (Å²) in [6.45, 7) is 3.84. The Hall–Kier alpha value is -2.36. The number of aryl methyl sites for hydroxylation is 1. The van der Waals surface area contributed by atoms with Gasteiger partial charge in [-0.15, -0.1) is 0 Å². The fourth-order valence-corrected chi connectivity index (χ4v) is 2.07. The maximum Gasteiger partial charge on any atom is 0.330 e. The number of benzene rings is 2. The lowest BCUT2D eigenvalue weighted by Gasteiger charge is -2.19. The molecule has 0 amide bonds. The number of hydrogen-bond donors (Lipinski definition) is 2. The highest BCUT2D eigenvalue weighted by molar-refractivity contribution is 5.80. The molecule has 0 aliphatic carbocycles. The van der Waals surface area contributed by atoms with Crippen molar-refractivity contribution in [3.8, 4) is 0 Å². The van der Waals surface area contributed by atoms with Gasteiger partial charge >= 0.3 is 5.97 Å². The number of anilines is 1. The van der Waals surface area contributed by atoms with Gasteiger partial charge in [-0.2, -0.15) is 0 Å². The maximum atomic E-state index is 12.9. The van der Waals surface area contributed by atoms with E-state index in [9.17, 15) is 14.3 Å². The predicted molar refractivity (Wildman–Crippen MR) is 76.3 cm³/mol. The van der Waals surface area contributed by atoms with Crippen molar-refractivity contribution >= 4 is 11.7 Å². The van der Waals surface area contributed by atoms with Gasteiger partial charge in [0.1, 0.15) is 5.82 Å². The summed E-state index contributed by atoms with van der Waals surface area (Å²) in [5.41, 5.74) is 3.26. The highest BCUT2D eigenvalue weighted by Crippen LogP contribution is 2.24. The Labute approximate surface area is 117 Å². The van der Waals surface area contributed by atoms with E-state index >= 15 is 0 Å². The molecule has 0 heterocycles. The summed E-state index contributed by atoms with van der Waals surface area (Å²) < 4.78 is 12.9. The molecule has 0 saturated carbocycles. The number of hydrogen-bond acceptors (Lipinski definition) is 2. The largest absolute Gasteiger partial charge is 0.479 e. The van der Waals surface area contributed by atoms with Crippen LogP contribution in [-0.4, -0.2) is 11.1 Å². The molecule has 4 heteroatoms. The first-order valence-electron chi connectivity index (χ1n) is 6.30. The van der Waals surface area contributed by atoms with Crippen molar-refractivity contribution in [2.24, 2.45) is 0 Å². The summed E-state index contributed by atoms with van der Waals surface area (Å²) in [5.74, 6) is -1.32. The first-order chi connectivity index (χ1) is 9.49. The summed E-state index contributed by atoms with van der Waals surface area (Å²) in [5, 5.41) is 12.3. The Balaban J connectivity index is 2.34. The number of aliphatic carboxylic acids is 1. The zero-order valence-electron chi connectivity index (χ0n) is 11.4. The summed E-state index contributed by atoms with van der Waals surface area (Å²) >= 11 is 0. The molecule has 0 aromatic heterocycles. The fraction of sp³-hybridized carbons (Fsp3) is 0.188. The molecule has 0 aliphatic rings. The maximum absolute atomic E-state index is 12.9. The second kappa shape index (κ2) is 5.74. The van der Waals surface area contributed by atoms with Crippen LogP contribution in [0.5, 0.6) is 0 Å². The number of carboxylic acid groups (broad SMARTS) is 1. The van der Waals surface area contributed by atoms with Crippen LogP contribution in [0.1, 0.15) is 22.7 Å². The standard InChI is InChI=1S/C16H16FNO2/c1-10-4-3-5-14(11(10)2)15(16(19)20)18-13-8-6-12(17)7-9-13/h3-9,15,18H,1-2H3,(H,19,20). The van der Waals surface area contributed by atoms with Crippen molar-refractivity contribution in [2.45, 2.75) is 19.9 Å². The van der Waals surface area contributed by atoms with Gasteiger partial charge in [-0.3, -0.25) is 0 Å². The third kappa shape index (κ3) is 2.96. The first-order valence-corrected chi connectivity index (χ1v) is 6.30. The molecule has 1 unspecified atom stereocenters. The zero-order chi connectivity index (χ0) is 14.7. The molecule has 0 spiro atoms. The van der Waals surface area contributed by atoms with Gasteiger partial charge in [0.05, 0.1) is 0 Å². The smallest absolute Gasteiger partial charge is 0.330 e. The minimum absolute atomic E-state index is 0.353. The Morgan fingerprint density at radius 3 is 2.40 bits per heavy atom. The lowest BCUT2D eigenvalue weighted by Crippen LogP contribution is -2.21. The van der Waals surface area contributed by atoms with Gasteiger partial charge in [-0.25, -0.2) is 9.18 Å². The number of rotatable bonds is 4. The molecular formula is C16H16FNO2. The van der Waals surface area contributed by atoms with Gasteiger partial charge in [-0.1, -0.05) is 18.2 Å². The van der Waals surface area contributed by atoms with Crippen LogP contribution < -0.4 is 5.32 Å². The molecule has 2 N–H and O–H groups in total. The van der Waals surface area contributed by atoms with Crippen LogP contribution in [0.2, 0.25) is 0 Å². The summed E-state index contributed by atoms with van der Waals surface area (Å²) in [6, 6.07) is 10.3. The van der Waals surface area contributed by atoms with E-state index in [-0.39, 0.29) is 5.82 Å². The number of nitrogens with one attached hydrogen (secondary N) is 1. The van der Waals surface area contributed by atoms with Crippen molar-refractivity contribution in [1.29, 1.82) is 0 Å². The molecule has 0 fully saturated rings. The van der Waals surface area contributed by atoms with E-state index in [2.05, 4.69) is 5.32 Å². The average molecular weight is 273 g/mol. The van der Waals surface area contributed by atoms with E-state index in [0.29, 0.717) is 11.3 Å². The molecule has 0 bridgehead atoms. The van der Waals surface area contributed by atoms with Crippen LogP contribution >= 0.6 is 0 Å².